The summed E-state index contributed by atoms with van der Waals surface area (Å²) in [5.41, 5.74) is 8.70. The van der Waals surface area contributed by atoms with Crippen molar-refractivity contribution in [2.75, 3.05) is 0 Å². The van der Waals surface area contributed by atoms with Gasteiger partial charge in [0, 0.05) is 18.0 Å². The summed E-state index contributed by atoms with van der Waals surface area (Å²) in [6.45, 7) is 3.95. The van der Waals surface area contributed by atoms with Gasteiger partial charge in [-0.2, -0.15) is 5.10 Å². The fourth-order valence-electron chi connectivity index (χ4n) is 3.71. The molecule has 0 atom stereocenters. The molecule has 0 unspecified atom stereocenters. The van der Waals surface area contributed by atoms with Gasteiger partial charge in [0.1, 0.15) is 5.69 Å². The van der Waals surface area contributed by atoms with Gasteiger partial charge in [-0.25, -0.2) is 9.67 Å². The van der Waals surface area contributed by atoms with E-state index in [-0.39, 0.29) is 11.5 Å². The van der Waals surface area contributed by atoms with Crippen LogP contribution in [0.1, 0.15) is 46.2 Å². The van der Waals surface area contributed by atoms with Gasteiger partial charge in [0.15, 0.2) is 0 Å². The van der Waals surface area contributed by atoms with Gasteiger partial charge in [-0.1, -0.05) is 67.5 Å². The summed E-state index contributed by atoms with van der Waals surface area (Å²) in [6, 6.07) is 20.5. The molecule has 174 valence electrons. The summed E-state index contributed by atoms with van der Waals surface area (Å²) in [4.78, 5) is 30.1. The molecule has 0 fully saturated rings. The van der Waals surface area contributed by atoms with Crippen molar-refractivity contribution in [3.8, 4) is 16.9 Å². The molecule has 0 aliphatic carbocycles. The Labute approximate surface area is 200 Å². The minimum Gasteiger partial charge on any atom is -0.336 e. The van der Waals surface area contributed by atoms with E-state index in [2.05, 4.69) is 26.1 Å². The Morgan fingerprint density at radius 1 is 0.943 bits per heavy atom. The van der Waals surface area contributed by atoms with Crippen molar-refractivity contribution < 1.29 is 14.1 Å². The third kappa shape index (κ3) is 4.39. The molecule has 2 aromatic carbocycles. The van der Waals surface area contributed by atoms with Gasteiger partial charge in [0.05, 0.1) is 27.9 Å². The van der Waals surface area contributed by atoms with Crippen molar-refractivity contribution in [2.24, 2.45) is 0 Å². The van der Waals surface area contributed by atoms with Crippen LogP contribution in [0.2, 0.25) is 0 Å². The number of nitrogens with zero attached hydrogens (tertiary/aromatic N) is 4. The van der Waals surface area contributed by atoms with E-state index in [1.165, 1.54) is 6.20 Å². The maximum Gasteiger partial charge on any atom is 0.273 e. The van der Waals surface area contributed by atoms with Gasteiger partial charge in [0.25, 0.3) is 17.5 Å². The SMILES string of the molecule is CC(C)c1noc2ncc(C(=O)NNC(=O)c3cn(-c4ccccc4)nc3-c3ccccc3)cc12. The number of rotatable bonds is 5. The molecule has 0 aliphatic rings. The van der Waals surface area contributed by atoms with Crippen LogP contribution in [0.4, 0.5) is 0 Å². The Bertz CT molecular complexity index is 1510. The molecule has 0 aliphatic heterocycles. The second kappa shape index (κ2) is 9.22. The molecule has 0 saturated carbocycles. The van der Waals surface area contributed by atoms with Crippen molar-refractivity contribution in [1.29, 1.82) is 0 Å². The van der Waals surface area contributed by atoms with Crippen molar-refractivity contribution in [1.82, 2.24) is 30.8 Å². The van der Waals surface area contributed by atoms with E-state index in [0.717, 1.165) is 11.3 Å². The molecule has 5 rings (SSSR count). The lowest BCUT2D eigenvalue weighted by Gasteiger charge is -2.08. The van der Waals surface area contributed by atoms with Crippen LogP contribution in [-0.2, 0) is 0 Å². The van der Waals surface area contributed by atoms with Crippen LogP contribution in [0.3, 0.4) is 0 Å². The van der Waals surface area contributed by atoms with E-state index >= 15 is 0 Å². The molecule has 0 bridgehead atoms. The maximum atomic E-state index is 13.1. The molecule has 0 saturated heterocycles. The molecular formula is C26H22N6O3. The standard InChI is InChI=1S/C26H22N6O3/c1-16(2)22-20-13-18(14-27-26(20)35-31-22)24(33)28-29-25(34)21-15-32(19-11-7-4-8-12-19)30-23(21)17-9-5-3-6-10-17/h3-16H,1-2H3,(H,28,33)(H,29,34). The predicted molar refractivity (Wildman–Crippen MR) is 130 cm³/mol. The normalized spacial score (nSPS) is 11.1. The number of fused-ring (bicyclic) bond motifs is 1. The van der Waals surface area contributed by atoms with Crippen LogP contribution in [0, 0.1) is 0 Å². The first-order valence-electron chi connectivity index (χ1n) is 11.1. The molecule has 2 N–H and O–H groups in total. The van der Waals surface area contributed by atoms with Gasteiger partial charge < -0.3 is 4.52 Å². The number of benzene rings is 2. The lowest BCUT2D eigenvalue weighted by atomic mass is 10.1. The first-order chi connectivity index (χ1) is 17.0. The van der Waals surface area contributed by atoms with E-state index in [9.17, 15) is 9.59 Å². The highest BCUT2D eigenvalue weighted by Crippen LogP contribution is 2.25. The lowest BCUT2D eigenvalue weighted by Crippen LogP contribution is -2.41. The Morgan fingerprint density at radius 3 is 2.34 bits per heavy atom. The fraction of sp³-hybridized carbons (Fsp3) is 0.115. The third-order valence-corrected chi connectivity index (χ3v) is 5.48. The van der Waals surface area contributed by atoms with Gasteiger partial charge >= 0.3 is 0 Å². The predicted octanol–water partition coefficient (Wildman–Crippen LogP) is 4.27. The summed E-state index contributed by atoms with van der Waals surface area (Å²) >= 11 is 0. The third-order valence-electron chi connectivity index (χ3n) is 5.48. The summed E-state index contributed by atoms with van der Waals surface area (Å²) in [5, 5.41) is 9.32. The number of nitrogens with one attached hydrogen (secondary N) is 2. The number of aromatic nitrogens is 4. The van der Waals surface area contributed by atoms with E-state index in [1.807, 2.05) is 74.5 Å². The van der Waals surface area contributed by atoms with Crippen LogP contribution in [0.15, 0.2) is 83.6 Å². The van der Waals surface area contributed by atoms with Gasteiger partial charge in [0.2, 0.25) is 0 Å². The molecule has 9 heteroatoms. The van der Waals surface area contributed by atoms with Crippen LogP contribution < -0.4 is 10.9 Å². The fourth-order valence-corrected chi connectivity index (χ4v) is 3.71. The second-order valence-corrected chi connectivity index (χ2v) is 8.24. The Hall–Kier alpha value is -4.79. The number of para-hydroxylation sites is 1. The smallest absolute Gasteiger partial charge is 0.273 e. The summed E-state index contributed by atoms with van der Waals surface area (Å²) in [5.74, 6) is -0.907. The zero-order valence-corrected chi connectivity index (χ0v) is 19.1. The van der Waals surface area contributed by atoms with Gasteiger partial charge in [-0.3, -0.25) is 20.4 Å². The Balaban J connectivity index is 1.40. The molecule has 5 aromatic rings. The molecule has 35 heavy (non-hydrogen) atoms. The topological polar surface area (TPSA) is 115 Å². The van der Waals surface area contributed by atoms with E-state index in [1.54, 1.807) is 16.9 Å². The minimum atomic E-state index is -0.514. The monoisotopic (exact) mass is 466 g/mol. The molecule has 3 aromatic heterocycles. The molecule has 9 nitrogen and oxygen atoms in total. The first-order valence-corrected chi connectivity index (χ1v) is 11.1. The molecule has 2 amide bonds. The van der Waals surface area contributed by atoms with E-state index in [0.29, 0.717) is 28.1 Å². The summed E-state index contributed by atoms with van der Waals surface area (Å²) in [6.07, 6.45) is 3.01. The van der Waals surface area contributed by atoms with Crippen molar-refractivity contribution in [2.45, 2.75) is 19.8 Å². The number of hydrazine groups is 1. The van der Waals surface area contributed by atoms with Crippen LogP contribution in [0.5, 0.6) is 0 Å². The van der Waals surface area contributed by atoms with Crippen molar-refractivity contribution in [3.63, 3.8) is 0 Å². The summed E-state index contributed by atoms with van der Waals surface area (Å²) in [7, 11) is 0. The van der Waals surface area contributed by atoms with Crippen molar-refractivity contribution in [3.05, 3.63) is 95.9 Å². The molecule has 3 heterocycles. The van der Waals surface area contributed by atoms with Crippen molar-refractivity contribution >= 4 is 22.9 Å². The Kier molecular flexibility index (Phi) is 5.80. The van der Waals surface area contributed by atoms with E-state index < -0.39 is 11.8 Å². The Morgan fingerprint density at radius 2 is 1.63 bits per heavy atom. The van der Waals surface area contributed by atoms with Crippen LogP contribution in [-0.4, -0.2) is 31.7 Å². The summed E-state index contributed by atoms with van der Waals surface area (Å²) < 4.78 is 6.86. The highest BCUT2D eigenvalue weighted by Gasteiger charge is 2.20. The number of hydrogen-bond acceptors (Lipinski definition) is 6. The highest BCUT2D eigenvalue weighted by atomic mass is 16.5. The minimum absolute atomic E-state index is 0.105. The van der Waals surface area contributed by atoms with Gasteiger partial charge in [-0.15, -0.1) is 0 Å². The second-order valence-electron chi connectivity index (χ2n) is 8.24. The largest absolute Gasteiger partial charge is 0.336 e. The van der Waals surface area contributed by atoms with Crippen LogP contribution >= 0.6 is 0 Å². The first kappa shape index (κ1) is 22.0. The quantitative estimate of drug-likeness (QED) is 0.374. The number of amides is 2. The van der Waals surface area contributed by atoms with Gasteiger partial charge in [-0.05, 0) is 24.1 Å². The van der Waals surface area contributed by atoms with E-state index in [4.69, 9.17) is 4.52 Å². The van der Waals surface area contributed by atoms with Crippen LogP contribution in [0.25, 0.3) is 28.0 Å². The number of hydrogen-bond donors (Lipinski definition) is 2. The molecular weight excluding hydrogens is 444 g/mol. The average molecular weight is 467 g/mol. The zero-order chi connectivity index (χ0) is 24.4. The maximum absolute atomic E-state index is 13.1. The number of pyridine rings is 1. The number of carbonyl (C=O) groups excluding carboxylic acids is 2. The highest BCUT2D eigenvalue weighted by molar-refractivity contribution is 6.03. The molecule has 0 radical (unpaired) electrons. The molecule has 0 spiro atoms. The number of carbonyl (C=O) groups is 2. The lowest BCUT2D eigenvalue weighted by molar-refractivity contribution is 0.0847. The average Bonchev–Trinajstić information content (AvgIpc) is 3.53. The zero-order valence-electron chi connectivity index (χ0n) is 19.1.